The van der Waals surface area contributed by atoms with E-state index in [0.717, 1.165) is 25.7 Å². The van der Waals surface area contributed by atoms with Crippen LogP contribution in [0.25, 0.3) is 0 Å². The molecule has 0 saturated carbocycles. The van der Waals surface area contributed by atoms with Crippen LogP contribution in [0.2, 0.25) is 0 Å². The fourth-order valence-corrected chi connectivity index (χ4v) is 5.24. The monoisotopic (exact) mass is 570 g/mol. The summed E-state index contributed by atoms with van der Waals surface area (Å²) in [6.07, 6.45) is 32.8. The molecule has 0 aliphatic carbocycles. The van der Waals surface area contributed by atoms with Gasteiger partial charge in [0.2, 0.25) is 0 Å². The minimum absolute atomic E-state index is 0.0463. The van der Waals surface area contributed by atoms with Crippen LogP contribution < -0.4 is 0 Å². The van der Waals surface area contributed by atoms with Crippen molar-refractivity contribution in [2.75, 3.05) is 13.2 Å². The molecule has 0 saturated heterocycles. The van der Waals surface area contributed by atoms with Gasteiger partial charge < -0.3 is 14.6 Å². The van der Waals surface area contributed by atoms with Crippen molar-refractivity contribution in [3.05, 3.63) is 0 Å². The highest BCUT2D eigenvalue weighted by molar-refractivity contribution is 7.80. The molecule has 0 rings (SSSR count). The van der Waals surface area contributed by atoms with Crippen molar-refractivity contribution in [2.45, 2.75) is 193 Å². The number of hydrogen-bond donors (Lipinski definition) is 1. The van der Waals surface area contributed by atoms with Gasteiger partial charge in [-0.1, -0.05) is 168 Å². The third-order valence-corrected chi connectivity index (χ3v) is 7.92. The molecule has 5 heteroatoms. The van der Waals surface area contributed by atoms with Gasteiger partial charge in [0.15, 0.2) is 11.2 Å². The Morgan fingerprint density at radius 2 is 0.795 bits per heavy atom. The van der Waals surface area contributed by atoms with Gasteiger partial charge >= 0.3 is 5.97 Å². The first-order chi connectivity index (χ1) is 19.1. The maximum Gasteiger partial charge on any atom is 0.335 e. The number of esters is 1. The molecule has 39 heavy (non-hydrogen) atoms. The predicted molar refractivity (Wildman–Crippen MR) is 172 cm³/mol. The minimum Gasteiger partial charge on any atom is -0.487 e. The maximum atomic E-state index is 11.9. The van der Waals surface area contributed by atoms with E-state index in [1.807, 2.05) is 0 Å². The van der Waals surface area contributed by atoms with Crippen LogP contribution in [0.5, 0.6) is 0 Å². The Labute approximate surface area is 248 Å². The van der Waals surface area contributed by atoms with Gasteiger partial charge in [0.05, 0.1) is 19.6 Å². The maximum absolute atomic E-state index is 11.9. The second-order valence-electron chi connectivity index (χ2n) is 11.6. The average Bonchev–Trinajstić information content (AvgIpc) is 2.93. The summed E-state index contributed by atoms with van der Waals surface area (Å²) in [5, 5.41) is 10.3. The molecular weight excluding hydrogens is 504 g/mol. The van der Waals surface area contributed by atoms with E-state index in [9.17, 15) is 9.90 Å². The summed E-state index contributed by atoms with van der Waals surface area (Å²) < 4.78 is 10.7. The SMILES string of the molecule is CCCCCCCCCCCCCCCCCCCCOC(=S)CC(O)C(=O)OCCCCCCCCCC. The third-order valence-electron chi connectivity index (χ3n) is 7.64. The van der Waals surface area contributed by atoms with E-state index in [0.29, 0.717) is 18.3 Å². The van der Waals surface area contributed by atoms with Crippen molar-refractivity contribution in [2.24, 2.45) is 0 Å². The van der Waals surface area contributed by atoms with Crippen LogP contribution in [-0.2, 0) is 14.3 Å². The van der Waals surface area contributed by atoms with E-state index >= 15 is 0 Å². The molecule has 0 heterocycles. The molecule has 1 unspecified atom stereocenters. The molecule has 0 aliphatic heterocycles. The van der Waals surface area contributed by atoms with Crippen molar-refractivity contribution in [1.29, 1.82) is 0 Å². The van der Waals surface area contributed by atoms with Gasteiger partial charge in [0.1, 0.15) is 0 Å². The quantitative estimate of drug-likeness (QED) is 0.0510. The molecule has 0 aromatic carbocycles. The summed E-state index contributed by atoms with van der Waals surface area (Å²) in [5.41, 5.74) is 0. The summed E-state index contributed by atoms with van der Waals surface area (Å²) in [7, 11) is 0. The predicted octanol–water partition coefficient (Wildman–Crippen LogP) is 10.8. The minimum atomic E-state index is -1.22. The van der Waals surface area contributed by atoms with E-state index in [-0.39, 0.29) is 6.42 Å². The van der Waals surface area contributed by atoms with Gasteiger partial charge in [-0.3, -0.25) is 0 Å². The zero-order valence-corrected chi connectivity index (χ0v) is 27.0. The molecule has 232 valence electrons. The Morgan fingerprint density at radius 1 is 0.513 bits per heavy atom. The zero-order valence-electron chi connectivity index (χ0n) is 26.2. The Kier molecular flexibility index (Phi) is 31.3. The van der Waals surface area contributed by atoms with E-state index in [2.05, 4.69) is 13.8 Å². The lowest BCUT2D eigenvalue weighted by molar-refractivity contribution is -0.153. The van der Waals surface area contributed by atoms with Crippen LogP contribution in [0.1, 0.15) is 187 Å². The van der Waals surface area contributed by atoms with Crippen molar-refractivity contribution < 1.29 is 19.4 Å². The van der Waals surface area contributed by atoms with Crippen molar-refractivity contribution in [3.63, 3.8) is 0 Å². The molecule has 4 nitrogen and oxygen atoms in total. The lowest BCUT2D eigenvalue weighted by atomic mass is 10.0. The van der Waals surface area contributed by atoms with Crippen LogP contribution in [0.15, 0.2) is 0 Å². The number of aliphatic hydroxyl groups excluding tert-OH is 1. The number of carbonyl (C=O) groups excluding carboxylic acids is 1. The van der Waals surface area contributed by atoms with E-state index in [4.69, 9.17) is 21.7 Å². The molecular formula is C34H66O4S. The Balaban J connectivity index is 3.37. The molecule has 1 N–H and O–H groups in total. The molecule has 0 aliphatic rings. The average molecular weight is 571 g/mol. The van der Waals surface area contributed by atoms with Gasteiger partial charge in [-0.2, -0.15) is 0 Å². The number of thiocarbonyl (C=S) groups is 1. The number of hydrogen-bond acceptors (Lipinski definition) is 5. The van der Waals surface area contributed by atoms with Crippen LogP contribution in [0.3, 0.4) is 0 Å². The smallest absolute Gasteiger partial charge is 0.335 e. The number of aliphatic hydroxyl groups is 1. The fourth-order valence-electron chi connectivity index (χ4n) is 4.99. The highest BCUT2D eigenvalue weighted by Gasteiger charge is 2.19. The third kappa shape index (κ3) is 30.1. The van der Waals surface area contributed by atoms with Crippen LogP contribution >= 0.6 is 12.2 Å². The number of unbranched alkanes of at least 4 members (excludes halogenated alkanes) is 24. The van der Waals surface area contributed by atoms with Crippen LogP contribution in [-0.4, -0.2) is 35.4 Å². The summed E-state index contributed by atoms with van der Waals surface area (Å²) in [6.45, 7) is 5.45. The lowest BCUT2D eigenvalue weighted by Gasteiger charge is -2.12. The largest absolute Gasteiger partial charge is 0.487 e. The molecule has 0 bridgehead atoms. The standard InChI is InChI=1S/C34H66O4S/c1-3-5-7-9-11-13-14-15-16-17-18-19-20-21-22-24-25-27-29-37-33(39)31-32(35)34(36)38-30-28-26-23-12-10-8-6-4-2/h32,35H,3-31H2,1-2H3. The van der Waals surface area contributed by atoms with Gasteiger partial charge in [-0.05, 0) is 25.1 Å². The molecule has 0 radical (unpaired) electrons. The Morgan fingerprint density at radius 3 is 1.13 bits per heavy atom. The van der Waals surface area contributed by atoms with Crippen molar-refractivity contribution >= 4 is 23.2 Å². The summed E-state index contributed by atoms with van der Waals surface area (Å²) in [5.74, 6) is -0.586. The first-order valence-corrected chi connectivity index (χ1v) is 17.5. The highest BCUT2D eigenvalue weighted by atomic mass is 32.1. The number of ether oxygens (including phenoxy) is 2. The van der Waals surface area contributed by atoms with E-state index < -0.39 is 12.1 Å². The molecule has 0 aromatic rings. The van der Waals surface area contributed by atoms with Crippen LogP contribution in [0, 0.1) is 0 Å². The lowest BCUT2D eigenvalue weighted by Crippen LogP contribution is -2.26. The second kappa shape index (κ2) is 31.8. The molecule has 0 fully saturated rings. The van der Waals surface area contributed by atoms with Crippen LogP contribution in [0.4, 0.5) is 0 Å². The number of rotatable bonds is 31. The Hall–Kier alpha value is -0.680. The molecule has 0 spiro atoms. The van der Waals surface area contributed by atoms with Crippen molar-refractivity contribution in [3.8, 4) is 0 Å². The van der Waals surface area contributed by atoms with Crippen molar-refractivity contribution in [1.82, 2.24) is 0 Å². The number of carbonyl (C=O) groups is 1. The molecule has 0 amide bonds. The molecule has 0 aromatic heterocycles. The first kappa shape index (κ1) is 38.3. The van der Waals surface area contributed by atoms with E-state index in [1.54, 1.807) is 0 Å². The zero-order chi connectivity index (χ0) is 28.7. The summed E-state index contributed by atoms with van der Waals surface area (Å²) in [6, 6.07) is 0. The Bertz CT molecular complexity index is 525. The first-order valence-electron chi connectivity index (χ1n) is 17.1. The highest BCUT2D eigenvalue weighted by Crippen LogP contribution is 2.14. The van der Waals surface area contributed by atoms with Gasteiger partial charge in [-0.15, -0.1) is 0 Å². The topological polar surface area (TPSA) is 55.8 Å². The van der Waals surface area contributed by atoms with Gasteiger partial charge in [0.25, 0.3) is 0 Å². The summed E-state index contributed by atoms with van der Waals surface area (Å²) in [4.78, 5) is 11.9. The van der Waals surface area contributed by atoms with Gasteiger partial charge in [0, 0.05) is 0 Å². The van der Waals surface area contributed by atoms with E-state index in [1.165, 1.54) is 141 Å². The summed E-state index contributed by atoms with van der Waals surface area (Å²) >= 11 is 5.19. The molecule has 1 atom stereocenters. The van der Waals surface area contributed by atoms with Gasteiger partial charge in [-0.25, -0.2) is 4.79 Å². The fraction of sp³-hybridized carbons (Fsp3) is 0.941. The second-order valence-corrected chi connectivity index (χ2v) is 12.0. The normalized spacial score (nSPS) is 12.0.